The fraction of sp³-hybridized carbons (Fsp3) is 0.733. The van der Waals surface area contributed by atoms with Gasteiger partial charge in [0.25, 0.3) is 0 Å². The zero-order valence-corrected chi connectivity index (χ0v) is 13.9. The Morgan fingerprint density at radius 2 is 1.95 bits per heavy atom. The third kappa shape index (κ3) is 3.47. The highest BCUT2D eigenvalue weighted by molar-refractivity contribution is 9.09. The molecular formula is C15H24BrN3. The summed E-state index contributed by atoms with van der Waals surface area (Å²) in [4.78, 5) is 12.2. The first-order valence-electron chi connectivity index (χ1n) is 7.21. The normalized spacial score (nSPS) is 23.7. The van der Waals surface area contributed by atoms with Gasteiger partial charge >= 0.3 is 0 Å². The van der Waals surface area contributed by atoms with Crippen molar-refractivity contribution in [1.82, 2.24) is 9.97 Å². The van der Waals surface area contributed by atoms with Crippen molar-refractivity contribution < 1.29 is 0 Å². The van der Waals surface area contributed by atoms with Crippen molar-refractivity contribution in [2.45, 2.75) is 63.2 Å². The lowest BCUT2D eigenvalue weighted by molar-refractivity contribution is 0.439. The van der Waals surface area contributed by atoms with E-state index in [9.17, 15) is 0 Å². The third-order valence-corrected chi connectivity index (χ3v) is 4.98. The van der Waals surface area contributed by atoms with Crippen LogP contribution in [0.15, 0.2) is 6.07 Å². The maximum atomic E-state index is 4.74. The second-order valence-electron chi connectivity index (χ2n) is 5.87. The maximum Gasteiger partial charge on any atom is 0.225 e. The molecule has 1 fully saturated rings. The van der Waals surface area contributed by atoms with E-state index in [0.29, 0.717) is 16.8 Å². The molecular weight excluding hydrogens is 302 g/mol. The van der Waals surface area contributed by atoms with Gasteiger partial charge in [-0.3, -0.25) is 0 Å². The van der Waals surface area contributed by atoms with Crippen LogP contribution in [0, 0.1) is 6.92 Å². The molecule has 1 aliphatic rings. The number of rotatable bonds is 3. The first-order chi connectivity index (χ1) is 8.99. The molecule has 0 bridgehead atoms. The van der Waals surface area contributed by atoms with Gasteiger partial charge < -0.3 is 4.90 Å². The zero-order valence-electron chi connectivity index (χ0n) is 12.4. The molecule has 1 aromatic heterocycles. The number of halogens is 1. The van der Waals surface area contributed by atoms with Gasteiger partial charge in [-0.05, 0) is 31.7 Å². The van der Waals surface area contributed by atoms with Crippen LogP contribution >= 0.6 is 15.9 Å². The number of alkyl halides is 1. The lowest BCUT2D eigenvalue weighted by Gasteiger charge is -2.35. The van der Waals surface area contributed by atoms with E-state index in [-0.39, 0.29) is 0 Å². The van der Waals surface area contributed by atoms with E-state index in [1.165, 1.54) is 25.7 Å². The van der Waals surface area contributed by atoms with E-state index in [4.69, 9.17) is 4.98 Å². The minimum Gasteiger partial charge on any atom is -0.340 e. The quantitative estimate of drug-likeness (QED) is 0.785. The fourth-order valence-corrected chi connectivity index (χ4v) is 3.62. The molecule has 0 aromatic carbocycles. The van der Waals surface area contributed by atoms with Gasteiger partial charge in [0.1, 0.15) is 0 Å². The smallest absolute Gasteiger partial charge is 0.225 e. The highest BCUT2D eigenvalue weighted by Crippen LogP contribution is 2.30. The lowest BCUT2D eigenvalue weighted by atomic mass is 9.94. The van der Waals surface area contributed by atoms with Crippen LogP contribution < -0.4 is 4.90 Å². The van der Waals surface area contributed by atoms with Crippen molar-refractivity contribution in [1.29, 1.82) is 0 Å². The Kier molecular flexibility index (Phi) is 4.82. The molecule has 4 heteroatoms. The van der Waals surface area contributed by atoms with Crippen LogP contribution in [0.4, 0.5) is 5.95 Å². The minimum absolute atomic E-state index is 0.444. The molecule has 2 rings (SSSR count). The van der Waals surface area contributed by atoms with Gasteiger partial charge in [-0.1, -0.05) is 42.6 Å². The van der Waals surface area contributed by atoms with Crippen molar-refractivity contribution in [3.05, 3.63) is 17.5 Å². The molecule has 0 N–H and O–H groups in total. The van der Waals surface area contributed by atoms with Crippen LogP contribution in [-0.2, 0) is 0 Å². The average molecular weight is 326 g/mol. The van der Waals surface area contributed by atoms with Crippen molar-refractivity contribution in [3.8, 4) is 0 Å². The Balaban J connectivity index is 2.24. The van der Waals surface area contributed by atoms with Gasteiger partial charge in [-0.2, -0.15) is 0 Å². The van der Waals surface area contributed by atoms with Crippen LogP contribution in [0.3, 0.4) is 0 Å². The molecule has 1 aliphatic carbocycles. The number of nitrogens with zero attached hydrogens (tertiary/aromatic N) is 3. The Morgan fingerprint density at radius 3 is 2.58 bits per heavy atom. The van der Waals surface area contributed by atoms with E-state index < -0.39 is 0 Å². The van der Waals surface area contributed by atoms with Gasteiger partial charge in [0, 0.05) is 29.3 Å². The molecule has 0 amide bonds. The molecule has 0 spiro atoms. The predicted octanol–water partition coefficient (Wildman–Crippen LogP) is 4.05. The van der Waals surface area contributed by atoms with Gasteiger partial charge in [0.05, 0.1) is 0 Å². The predicted molar refractivity (Wildman–Crippen MR) is 84.2 cm³/mol. The molecule has 19 heavy (non-hydrogen) atoms. The van der Waals surface area contributed by atoms with Crippen LogP contribution in [0.25, 0.3) is 0 Å². The van der Waals surface area contributed by atoms with Gasteiger partial charge in [-0.25, -0.2) is 9.97 Å². The van der Waals surface area contributed by atoms with E-state index >= 15 is 0 Å². The molecule has 106 valence electrons. The monoisotopic (exact) mass is 325 g/mol. The number of anilines is 1. The Labute approximate surface area is 125 Å². The van der Waals surface area contributed by atoms with Crippen LogP contribution in [-0.4, -0.2) is 27.9 Å². The fourth-order valence-electron chi connectivity index (χ4n) is 2.68. The van der Waals surface area contributed by atoms with E-state index in [0.717, 1.165) is 17.3 Å². The van der Waals surface area contributed by atoms with Gasteiger partial charge in [0.15, 0.2) is 0 Å². The van der Waals surface area contributed by atoms with E-state index in [2.05, 4.69) is 59.7 Å². The Morgan fingerprint density at radius 1 is 1.26 bits per heavy atom. The van der Waals surface area contributed by atoms with Crippen molar-refractivity contribution in [3.63, 3.8) is 0 Å². The van der Waals surface area contributed by atoms with Crippen molar-refractivity contribution >= 4 is 21.9 Å². The SMILES string of the molecule is Cc1cc(C(C)C)nc(N(C)C2CCCCC2Br)n1. The Bertz CT molecular complexity index is 433. The summed E-state index contributed by atoms with van der Waals surface area (Å²) in [6.07, 6.45) is 5.10. The highest BCUT2D eigenvalue weighted by Gasteiger charge is 2.28. The number of hydrogen-bond donors (Lipinski definition) is 0. The summed E-state index contributed by atoms with van der Waals surface area (Å²) in [5.41, 5.74) is 2.19. The first-order valence-corrected chi connectivity index (χ1v) is 8.13. The second-order valence-corrected chi connectivity index (χ2v) is 7.04. The summed E-state index contributed by atoms with van der Waals surface area (Å²) in [5.74, 6) is 1.32. The van der Waals surface area contributed by atoms with Crippen molar-refractivity contribution in [2.75, 3.05) is 11.9 Å². The largest absolute Gasteiger partial charge is 0.340 e. The molecule has 2 atom stereocenters. The number of aryl methyl sites for hydroxylation is 1. The molecule has 1 saturated carbocycles. The van der Waals surface area contributed by atoms with Crippen LogP contribution in [0.2, 0.25) is 0 Å². The van der Waals surface area contributed by atoms with Crippen LogP contribution in [0.5, 0.6) is 0 Å². The molecule has 2 unspecified atom stereocenters. The highest BCUT2D eigenvalue weighted by atomic mass is 79.9. The van der Waals surface area contributed by atoms with Crippen LogP contribution in [0.1, 0.15) is 56.8 Å². The standard InChI is InChI=1S/C15H24BrN3/c1-10(2)13-9-11(3)17-15(18-13)19(4)14-8-6-5-7-12(14)16/h9-10,12,14H,5-8H2,1-4H3. The molecule has 1 aromatic rings. The summed E-state index contributed by atoms with van der Waals surface area (Å²) in [7, 11) is 2.13. The molecule has 0 saturated heterocycles. The molecule has 3 nitrogen and oxygen atoms in total. The van der Waals surface area contributed by atoms with Gasteiger partial charge in [-0.15, -0.1) is 0 Å². The molecule has 0 aliphatic heterocycles. The Hall–Kier alpha value is -0.640. The minimum atomic E-state index is 0.444. The molecule has 0 radical (unpaired) electrons. The summed E-state index contributed by atoms with van der Waals surface area (Å²) >= 11 is 3.82. The summed E-state index contributed by atoms with van der Waals surface area (Å²) in [5, 5.41) is 0. The summed E-state index contributed by atoms with van der Waals surface area (Å²) in [6, 6.07) is 2.60. The maximum absolute atomic E-state index is 4.74. The van der Waals surface area contributed by atoms with E-state index in [1.54, 1.807) is 0 Å². The number of hydrogen-bond acceptors (Lipinski definition) is 3. The summed E-state index contributed by atoms with van der Waals surface area (Å²) < 4.78 is 0. The van der Waals surface area contributed by atoms with E-state index in [1.807, 2.05) is 0 Å². The second kappa shape index (κ2) is 6.21. The van der Waals surface area contributed by atoms with Gasteiger partial charge in [0.2, 0.25) is 5.95 Å². The third-order valence-electron chi connectivity index (χ3n) is 3.91. The average Bonchev–Trinajstić information content (AvgIpc) is 2.37. The summed E-state index contributed by atoms with van der Waals surface area (Å²) in [6.45, 7) is 6.41. The lowest BCUT2D eigenvalue weighted by Crippen LogP contribution is -2.41. The topological polar surface area (TPSA) is 29.0 Å². The first kappa shape index (κ1) is 14.8. The zero-order chi connectivity index (χ0) is 14.0. The molecule has 1 heterocycles. The van der Waals surface area contributed by atoms with Crippen molar-refractivity contribution in [2.24, 2.45) is 0 Å². The number of aromatic nitrogens is 2.